The Morgan fingerprint density at radius 1 is 1.28 bits per heavy atom. The number of nitrogens with two attached hydrogens (primary N) is 1. The number of rotatable bonds is 4. The molecule has 0 bridgehead atoms. The van der Waals surface area contributed by atoms with Gasteiger partial charge in [-0.25, -0.2) is 4.98 Å². The van der Waals surface area contributed by atoms with Crippen molar-refractivity contribution >= 4 is 29.1 Å². The summed E-state index contributed by atoms with van der Waals surface area (Å²) in [5.74, 6) is 0.338. The molecule has 0 unspecified atom stereocenters. The number of hydrogen-bond acceptors (Lipinski definition) is 2. The number of imidazole rings is 1. The summed E-state index contributed by atoms with van der Waals surface area (Å²) in [6.45, 7) is 0.115. The van der Waals surface area contributed by atoms with Crippen molar-refractivity contribution in [1.82, 2.24) is 9.55 Å². The van der Waals surface area contributed by atoms with Gasteiger partial charge in [0.25, 0.3) is 0 Å². The van der Waals surface area contributed by atoms with E-state index in [9.17, 15) is 4.79 Å². The Bertz CT molecular complexity index is 560. The first-order valence-corrected chi connectivity index (χ1v) is 6.03. The average Bonchev–Trinajstić information content (AvgIpc) is 2.63. The second-order valence-electron chi connectivity index (χ2n) is 3.89. The average molecular weight is 284 g/mol. The minimum atomic E-state index is -0.404. The molecule has 0 saturated carbocycles. The van der Waals surface area contributed by atoms with Gasteiger partial charge in [-0.3, -0.25) is 4.79 Å². The molecular weight excluding hydrogens is 273 g/mol. The quantitative estimate of drug-likeness (QED) is 0.936. The van der Waals surface area contributed by atoms with Gasteiger partial charge < -0.3 is 10.3 Å². The minimum Gasteiger partial charge on any atom is -0.368 e. The van der Waals surface area contributed by atoms with E-state index in [-0.39, 0.29) is 6.54 Å². The van der Waals surface area contributed by atoms with E-state index in [2.05, 4.69) is 4.98 Å². The molecule has 1 amide bonds. The number of carbonyl (C=O) groups is 1. The summed E-state index contributed by atoms with van der Waals surface area (Å²) in [6.07, 6.45) is 3.89. The Kier molecular flexibility index (Phi) is 3.89. The highest BCUT2D eigenvalue weighted by Gasteiger charge is 2.07. The van der Waals surface area contributed by atoms with Crippen molar-refractivity contribution < 1.29 is 4.79 Å². The molecule has 2 N–H and O–H groups in total. The zero-order valence-electron chi connectivity index (χ0n) is 9.44. The third kappa shape index (κ3) is 3.24. The van der Waals surface area contributed by atoms with Crippen molar-refractivity contribution in [3.63, 3.8) is 0 Å². The van der Waals surface area contributed by atoms with Crippen LogP contribution in [0.15, 0.2) is 30.6 Å². The van der Waals surface area contributed by atoms with E-state index in [1.165, 1.54) is 0 Å². The summed E-state index contributed by atoms with van der Waals surface area (Å²) in [4.78, 5) is 15.1. The highest BCUT2D eigenvalue weighted by Crippen LogP contribution is 2.20. The summed E-state index contributed by atoms with van der Waals surface area (Å²) in [7, 11) is 0. The van der Waals surface area contributed by atoms with Crippen LogP contribution in [0, 0.1) is 0 Å². The van der Waals surface area contributed by atoms with E-state index in [0.717, 1.165) is 11.4 Å². The fourth-order valence-electron chi connectivity index (χ4n) is 1.71. The number of nitrogens with zero attached hydrogens (tertiary/aromatic N) is 2. The smallest absolute Gasteiger partial charge is 0.237 e. The van der Waals surface area contributed by atoms with Gasteiger partial charge in [-0.2, -0.15) is 0 Å². The van der Waals surface area contributed by atoms with Gasteiger partial charge in [-0.05, 0) is 23.8 Å². The third-order valence-electron chi connectivity index (χ3n) is 2.41. The topological polar surface area (TPSA) is 60.9 Å². The van der Waals surface area contributed by atoms with Gasteiger partial charge in [-0.15, -0.1) is 0 Å². The fraction of sp³-hybridized carbons (Fsp3) is 0.167. The van der Waals surface area contributed by atoms with Crippen LogP contribution in [0.3, 0.4) is 0 Å². The number of benzene rings is 1. The van der Waals surface area contributed by atoms with Crippen LogP contribution in [0.25, 0.3) is 0 Å². The van der Waals surface area contributed by atoms with Gasteiger partial charge in [0, 0.05) is 28.9 Å². The zero-order valence-corrected chi connectivity index (χ0v) is 10.9. The van der Waals surface area contributed by atoms with Gasteiger partial charge >= 0.3 is 0 Å². The van der Waals surface area contributed by atoms with E-state index < -0.39 is 5.91 Å². The van der Waals surface area contributed by atoms with Crippen LogP contribution >= 0.6 is 23.2 Å². The van der Waals surface area contributed by atoms with Crippen molar-refractivity contribution in [2.45, 2.75) is 13.0 Å². The van der Waals surface area contributed by atoms with Gasteiger partial charge in [0.2, 0.25) is 5.91 Å². The largest absolute Gasteiger partial charge is 0.368 e. The lowest BCUT2D eigenvalue weighted by atomic mass is 10.1. The highest BCUT2D eigenvalue weighted by molar-refractivity contribution is 6.34. The molecule has 0 atom stereocenters. The van der Waals surface area contributed by atoms with Crippen molar-refractivity contribution in [2.75, 3.05) is 0 Å². The molecule has 94 valence electrons. The molecular formula is C12H11Cl2N3O. The van der Waals surface area contributed by atoms with Crippen LogP contribution < -0.4 is 5.73 Å². The second kappa shape index (κ2) is 5.42. The first-order valence-electron chi connectivity index (χ1n) is 5.28. The van der Waals surface area contributed by atoms with Crippen LogP contribution in [-0.4, -0.2) is 15.5 Å². The molecule has 0 fully saturated rings. The third-order valence-corrected chi connectivity index (χ3v) is 2.85. The number of amides is 1. The summed E-state index contributed by atoms with van der Waals surface area (Å²) < 4.78 is 1.71. The van der Waals surface area contributed by atoms with E-state index in [4.69, 9.17) is 28.9 Å². The SMILES string of the molecule is NC(=O)Cn1ccnc1Cc1cc(Cl)cc(Cl)c1. The number of halogens is 2. The molecule has 1 heterocycles. The Morgan fingerprint density at radius 3 is 2.56 bits per heavy atom. The molecule has 2 rings (SSSR count). The fourth-order valence-corrected chi connectivity index (χ4v) is 2.29. The maximum Gasteiger partial charge on any atom is 0.237 e. The minimum absolute atomic E-state index is 0.115. The molecule has 2 aromatic rings. The van der Waals surface area contributed by atoms with Crippen molar-refractivity contribution in [3.8, 4) is 0 Å². The van der Waals surface area contributed by atoms with E-state index in [1.807, 2.05) is 12.1 Å². The first kappa shape index (κ1) is 12.9. The zero-order chi connectivity index (χ0) is 13.1. The van der Waals surface area contributed by atoms with Crippen LogP contribution in [0.5, 0.6) is 0 Å². The lowest BCUT2D eigenvalue weighted by Crippen LogP contribution is -2.19. The van der Waals surface area contributed by atoms with Crippen LogP contribution in [0.1, 0.15) is 11.4 Å². The molecule has 0 aliphatic rings. The van der Waals surface area contributed by atoms with E-state index in [1.54, 1.807) is 23.0 Å². The summed E-state index contributed by atoms with van der Waals surface area (Å²) in [5.41, 5.74) is 6.10. The maximum absolute atomic E-state index is 10.9. The van der Waals surface area contributed by atoms with Gasteiger partial charge in [0.15, 0.2) is 0 Å². The molecule has 0 spiro atoms. The monoisotopic (exact) mass is 283 g/mol. The van der Waals surface area contributed by atoms with Gasteiger partial charge in [-0.1, -0.05) is 23.2 Å². The van der Waals surface area contributed by atoms with Gasteiger partial charge in [0.05, 0.1) is 0 Å². The number of carbonyl (C=O) groups excluding carboxylic acids is 1. The molecule has 1 aromatic heterocycles. The summed E-state index contributed by atoms with van der Waals surface area (Å²) in [6, 6.07) is 5.30. The second-order valence-corrected chi connectivity index (χ2v) is 4.77. The maximum atomic E-state index is 10.9. The van der Waals surface area contributed by atoms with Crippen LogP contribution in [0.2, 0.25) is 10.0 Å². The standard InChI is InChI=1S/C12H11Cl2N3O/c13-9-3-8(4-10(14)6-9)5-12-16-1-2-17(12)7-11(15)18/h1-4,6H,5,7H2,(H2,15,18). The van der Waals surface area contributed by atoms with Crippen LogP contribution in [0.4, 0.5) is 0 Å². The molecule has 0 aliphatic carbocycles. The molecule has 0 saturated heterocycles. The van der Waals surface area contributed by atoms with Gasteiger partial charge in [0.1, 0.15) is 12.4 Å². The molecule has 4 nitrogen and oxygen atoms in total. The summed E-state index contributed by atoms with van der Waals surface area (Å²) in [5, 5.41) is 1.15. The Balaban J connectivity index is 2.23. The highest BCUT2D eigenvalue weighted by atomic mass is 35.5. The van der Waals surface area contributed by atoms with Crippen LogP contribution in [-0.2, 0) is 17.8 Å². The predicted molar refractivity (Wildman–Crippen MR) is 70.7 cm³/mol. The normalized spacial score (nSPS) is 10.6. The number of primary amides is 1. The summed E-state index contributed by atoms with van der Waals surface area (Å²) >= 11 is 11.9. The lowest BCUT2D eigenvalue weighted by molar-refractivity contribution is -0.118. The van der Waals surface area contributed by atoms with Crippen molar-refractivity contribution in [2.24, 2.45) is 5.73 Å². The first-order chi connectivity index (χ1) is 8.54. The molecule has 0 aliphatic heterocycles. The van der Waals surface area contributed by atoms with E-state index >= 15 is 0 Å². The van der Waals surface area contributed by atoms with Crippen molar-refractivity contribution in [1.29, 1.82) is 0 Å². The predicted octanol–water partition coefficient (Wildman–Crippen LogP) is 2.27. The molecule has 1 aromatic carbocycles. The lowest BCUT2D eigenvalue weighted by Gasteiger charge is -2.06. The Morgan fingerprint density at radius 2 is 1.94 bits per heavy atom. The Hall–Kier alpha value is -1.52. The number of hydrogen-bond donors (Lipinski definition) is 1. The van der Waals surface area contributed by atoms with E-state index in [0.29, 0.717) is 16.5 Å². The molecule has 6 heteroatoms. The number of aromatic nitrogens is 2. The molecule has 0 radical (unpaired) electrons. The Labute approximate surface area is 114 Å². The molecule has 18 heavy (non-hydrogen) atoms. The van der Waals surface area contributed by atoms with Crippen molar-refractivity contribution in [3.05, 3.63) is 52.0 Å².